The van der Waals surface area contributed by atoms with Gasteiger partial charge in [-0.2, -0.15) is 0 Å². The highest BCUT2D eigenvalue weighted by Gasteiger charge is 2.35. The smallest absolute Gasteiger partial charge is 0.256 e. The van der Waals surface area contributed by atoms with Gasteiger partial charge in [0.25, 0.3) is 5.91 Å². The molecule has 0 spiro atoms. The van der Waals surface area contributed by atoms with Gasteiger partial charge in [-0.05, 0) is 49.1 Å². The molecule has 2 heterocycles. The molecule has 5 rings (SSSR count). The Balaban J connectivity index is 1.79. The molecule has 0 aliphatic carbocycles. The predicted molar refractivity (Wildman–Crippen MR) is 136 cm³/mol. The Bertz CT molecular complexity index is 1400. The molecule has 1 aliphatic heterocycles. The van der Waals surface area contributed by atoms with E-state index in [9.17, 15) is 4.79 Å². The van der Waals surface area contributed by atoms with E-state index in [0.29, 0.717) is 23.7 Å². The van der Waals surface area contributed by atoms with Crippen LogP contribution in [0.1, 0.15) is 48.6 Å². The van der Waals surface area contributed by atoms with Crippen molar-refractivity contribution in [2.45, 2.75) is 33.2 Å². The first-order valence-corrected chi connectivity index (χ1v) is 11.8. The van der Waals surface area contributed by atoms with Gasteiger partial charge in [0, 0.05) is 40.3 Å². The zero-order valence-corrected chi connectivity index (χ0v) is 19.7. The van der Waals surface area contributed by atoms with Crippen LogP contribution < -0.4 is 4.90 Å². The van der Waals surface area contributed by atoms with Crippen LogP contribution in [0.2, 0.25) is 0 Å². The number of anilines is 1. The van der Waals surface area contributed by atoms with Crippen molar-refractivity contribution in [3.8, 4) is 0 Å². The number of benzodiazepines with no additional fused rings is 1. The normalized spacial score (nSPS) is 16.0. The molecule has 0 saturated carbocycles. The Labute approximate surface area is 199 Å². The van der Waals surface area contributed by atoms with Crippen LogP contribution in [0.25, 0.3) is 10.9 Å². The Morgan fingerprint density at radius 1 is 1.03 bits per heavy atom. The van der Waals surface area contributed by atoms with Gasteiger partial charge >= 0.3 is 0 Å². The molecule has 3 aromatic carbocycles. The molecule has 1 N–H and O–H groups in total. The zero-order chi connectivity index (χ0) is 23.8. The number of carbonyl (C=O) groups is 1. The summed E-state index contributed by atoms with van der Waals surface area (Å²) in [5.74, 6) is -0.0115. The number of rotatable bonds is 5. The molecule has 0 radical (unpaired) electrons. The van der Waals surface area contributed by atoms with E-state index in [4.69, 9.17) is 4.99 Å². The van der Waals surface area contributed by atoms with Crippen LogP contribution in [0.5, 0.6) is 0 Å². The summed E-state index contributed by atoms with van der Waals surface area (Å²) in [5, 5.41) is 0.948. The predicted octanol–water partition coefficient (Wildman–Crippen LogP) is 6.59. The first kappa shape index (κ1) is 22.1. The quantitative estimate of drug-likeness (QED) is 0.364. The van der Waals surface area contributed by atoms with E-state index in [2.05, 4.69) is 18.8 Å². The Morgan fingerprint density at radius 2 is 1.79 bits per heavy atom. The van der Waals surface area contributed by atoms with Gasteiger partial charge in [0.1, 0.15) is 5.82 Å². The summed E-state index contributed by atoms with van der Waals surface area (Å²) < 4.78 is 15.1. The number of nitrogens with one attached hydrogen (secondary N) is 1. The van der Waals surface area contributed by atoms with Gasteiger partial charge in [-0.15, -0.1) is 0 Å². The average molecular weight is 454 g/mol. The summed E-state index contributed by atoms with van der Waals surface area (Å²) in [6.45, 7) is 6.87. The number of hydrogen-bond donors (Lipinski definition) is 1. The lowest BCUT2D eigenvalue weighted by atomic mass is 9.95. The molecule has 0 fully saturated rings. The molecule has 1 aromatic heterocycles. The summed E-state index contributed by atoms with van der Waals surface area (Å²) in [6, 6.07) is 19.7. The molecule has 0 saturated heterocycles. The standard InChI is InChI=1S/C29H28FN3O/c1-18(2)15-16-33-25-14-8-9-19(3)26(25)27(21-11-4-6-12-23(21)30)32-28(29(33)34)22-17-31-24-13-7-5-10-20(22)24/h4-14,17-18,28,31H,15-16H2,1-3H3/t28-/m1/s1. The van der Waals surface area contributed by atoms with Crippen molar-refractivity contribution in [1.82, 2.24) is 4.98 Å². The molecule has 1 atom stereocenters. The van der Waals surface area contributed by atoms with Crippen molar-refractivity contribution in [1.29, 1.82) is 0 Å². The second-order valence-electron chi connectivity index (χ2n) is 9.29. The molecule has 0 unspecified atom stereocenters. The third-order valence-corrected chi connectivity index (χ3v) is 6.51. The lowest BCUT2D eigenvalue weighted by Crippen LogP contribution is -2.35. The lowest BCUT2D eigenvalue weighted by Gasteiger charge is -2.26. The van der Waals surface area contributed by atoms with Gasteiger partial charge in [-0.3, -0.25) is 9.79 Å². The first-order valence-electron chi connectivity index (χ1n) is 11.8. The molecule has 4 nitrogen and oxygen atoms in total. The average Bonchev–Trinajstić information content (AvgIpc) is 3.20. The van der Waals surface area contributed by atoms with Crippen LogP contribution in [-0.4, -0.2) is 23.1 Å². The maximum Gasteiger partial charge on any atom is 0.256 e. The van der Waals surface area contributed by atoms with E-state index in [0.717, 1.165) is 39.7 Å². The molecule has 5 heteroatoms. The fourth-order valence-corrected chi connectivity index (χ4v) is 4.70. The number of H-pyrrole nitrogens is 1. The Hall–Kier alpha value is -3.73. The summed E-state index contributed by atoms with van der Waals surface area (Å²) in [6.07, 6.45) is 2.72. The SMILES string of the molecule is Cc1cccc2c1C(c1ccccc1F)=N[C@H](c1c[nH]c3ccccc13)C(=O)N2CCC(C)C. The van der Waals surface area contributed by atoms with Gasteiger partial charge in [0.15, 0.2) is 6.04 Å². The van der Waals surface area contributed by atoms with E-state index in [-0.39, 0.29) is 11.7 Å². The van der Waals surface area contributed by atoms with E-state index in [1.807, 2.05) is 66.6 Å². The molecule has 34 heavy (non-hydrogen) atoms. The third kappa shape index (κ3) is 3.81. The minimum absolute atomic E-state index is 0.0939. The maximum absolute atomic E-state index is 15.1. The van der Waals surface area contributed by atoms with Crippen LogP contribution >= 0.6 is 0 Å². The molecule has 172 valence electrons. The summed E-state index contributed by atoms with van der Waals surface area (Å²) >= 11 is 0. The van der Waals surface area contributed by atoms with Gasteiger partial charge in [0.05, 0.1) is 11.4 Å². The van der Waals surface area contributed by atoms with Gasteiger partial charge < -0.3 is 9.88 Å². The third-order valence-electron chi connectivity index (χ3n) is 6.51. The largest absolute Gasteiger partial charge is 0.361 e. The number of para-hydroxylation sites is 1. The number of hydrogen-bond acceptors (Lipinski definition) is 2. The molecule has 0 bridgehead atoms. The van der Waals surface area contributed by atoms with Crippen molar-refractivity contribution in [2.75, 3.05) is 11.4 Å². The van der Waals surface area contributed by atoms with Crippen LogP contribution in [0.15, 0.2) is 77.9 Å². The summed E-state index contributed by atoms with van der Waals surface area (Å²) in [4.78, 5) is 24.3. The number of aryl methyl sites for hydroxylation is 1. The van der Waals surface area contributed by atoms with Crippen LogP contribution in [0.4, 0.5) is 10.1 Å². The Morgan fingerprint density at radius 3 is 2.59 bits per heavy atom. The summed E-state index contributed by atoms with van der Waals surface area (Å²) in [7, 11) is 0. The minimum Gasteiger partial charge on any atom is -0.361 e. The van der Waals surface area contributed by atoms with E-state index in [1.165, 1.54) is 6.07 Å². The van der Waals surface area contributed by atoms with Crippen LogP contribution in [0.3, 0.4) is 0 Å². The van der Waals surface area contributed by atoms with Crippen LogP contribution in [-0.2, 0) is 4.79 Å². The van der Waals surface area contributed by atoms with Gasteiger partial charge in [-0.1, -0.05) is 56.3 Å². The highest BCUT2D eigenvalue weighted by atomic mass is 19.1. The van der Waals surface area contributed by atoms with E-state index >= 15 is 4.39 Å². The summed E-state index contributed by atoms with van der Waals surface area (Å²) in [5.41, 5.74) is 5.22. The van der Waals surface area contributed by atoms with Crippen molar-refractivity contribution in [2.24, 2.45) is 10.9 Å². The maximum atomic E-state index is 15.1. The molecule has 1 aliphatic rings. The minimum atomic E-state index is -0.787. The van der Waals surface area contributed by atoms with Gasteiger partial charge in [0.2, 0.25) is 0 Å². The molecule has 4 aromatic rings. The van der Waals surface area contributed by atoms with Crippen LogP contribution in [0, 0.1) is 18.7 Å². The lowest BCUT2D eigenvalue weighted by molar-refractivity contribution is -0.119. The van der Waals surface area contributed by atoms with Crippen molar-refractivity contribution in [3.05, 3.63) is 101 Å². The Kier molecular flexibility index (Phi) is 5.78. The highest BCUT2D eigenvalue weighted by Crippen LogP contribution is 2.38. The first-order chi connectivity index (χ1) is 16.5. The zero-order valence-electron chi connectivity index (χ0n) is 19.7. The molecular weight excluding hydrogens is 425 g/mol. The number of nitrogens with zero attached hydrogens (tertiary/aromatic N) is 2. The van der Waals surface area contributed by atoms with Gasteiger partial charge in [-0.25, -0.2) is 4.39 Å². The number of aromatic nitrogens is 1. The number of carbonyl (C=O) groups excluding carboxylic acids is 1. The number of halogens is 1. The number of benzene rings is 3. The van der Waals surface area contributed by atoms with E-state index < -0.39 is 6.04 Å². The number of aliphatic imine (C=N–C) groups is 1. The van der Waals surface area contributed by atoms with Crippen molar-refractivity contribution < 1.29 is 9.18 Å². The van der Waals surface area contributed by atoms with Crippen molar-refractivity contribution in [3.63, 3.8) is 0 Å². The molecule has 1 amide bonds. The number of amides is 1. The topological polar surface area (TPSA) is 48.5 Å². The highest BCUT2D eigenvalue weighted by molar-refractivity contribution is 6.21. The number of fused-ring (bicyclic) bond motifs is 2. The second kappa shape index (κ2) is 8.90. The van der Waals surface area contributed by atoms with Crippen molar-refractivity contribution >= 4 is 28.2 Å². The molecular formula is C29H28FN3O. The fourth-order valence-electron chi connectivity index (χ4n) is 4.70. The fraction of sp³-hybridized carbons (Fsp3) is 0.241. The number of aromatic amines is 1. The monoisotopic (exact) mass is 453 g/mol. The second-order valence-corrected chi connectivity index (χ2v) is 9.29. The van der Waals surface area contributed by atoms with E-state index in [1.54, 1.807) is 12.1 Å².